The Bertz CT molecular complexity index is 711. The van der Waals surface area contributed by atoms with Gasteiger partial charge in [-0.05, 0) is 49.7 Å². The van der Waals surface area contributed by atoms with Crippen molar-refractivity contribution < 1.29 is 9.53 Å². The van der Waals surface area contributed by atoms with Crippen LogP contribution < -0.4 is 4.90 Å². The summed E-state index contributed by atoms with van der Waals surface area (Å²) in [7, 11) is 0. The summed E-state index contributed by atoms with van der Waals surface area (Å²) in [6.07, 6.45) is 9.49. The van der Waals surface area contributed by atoms with E-state index in [-0.39, 0.29) is 5.97 Å². The minimum absolute atomic E-state index is 0.299. The average molecular weight is 381 g/mol. The van der Waals surface area contributed by atoms with Crippen molar-refractivity contribution >= 4 is 23.7 Å². The first kappa shape index (κ1) is 21.7. The van der Waals surface area contributed by atoms with Gasteiger partial charge in [-0.15, -0.1) is 0 Å². The van der Waals surface area contributed by atoms with Gasteiger partial charge < -0.3 is 9.64 Å². The van der Waals surface area contributed by atoms with Crippen molar-refractivity contribution in [3.8, 4) is 0 Å². The van der Waals surface area contributed by atoms with E-state index in [9.17, 15) is 4.79 Å². The molecule has 0 aliphatic heterocycles. The molecule has 2 aromatic carbocycles. The summed E-state index contributed by atoms with van der Waals surface area (Å²) < 4.78 is 5.02. The van der Waals surface area contributed by atoms with Gasteiger partial charge in [0.25, 0.3) is 0 Å². The minimum atomic E-state index is -0.299. The molecule has 2 aromatic rings. The predicted molar refractivity (Wildman–Crippen MR) is 118 cm³/mol. The maximum atomic E-state index is 11.8. The van der Waals surface area contributed by atoms with Crippen molar-refractivity contribution in [1.29, 1.82) is 0 Å². The number of ether oxygens (including phenoxy) is 1. The first-order chi connectivity index (χ1) is 13.7. The van der Waals surface area contributed by atoms with Crippen molar-refractivity contribution in [3.05, 3.63) is 60.2 Å². The van der Waals surface area contributed by atoms with E-state index in [1.807, 2.05) is 36.7 Å². The number of carbonyl (C=O) groups excluding carboxylic acids is 1. The van der Waals surface area contributed by atoms with E-state index >= 15 is 0 Å². The molecule has 0 spiro atoms. The maximum Gasteiger partial charge on any atom is 0.338 e. The zero-order valence-electron chi connectivity index (χ0n) is 17.1. The van der Waals surface area contributed by atoms with Crippen LogP contribution in [0, 0.1) is 0 Å². The molecule has 0 saturated carbocycles. The summed E-state index contributed by atoms with van der Waals surface area (Å²) >= 11 is 0. The lowest BCUT2D eigenvalue weighted by molar-refractivity contribution is 0.0526. The van der Waals surface area contributed by atoms with E-state index in [1.54, 1.807) is 19.1 Å². The molecule has 0 aromatic heterocycles. The zero-order chi connectivity index (χ0) is 20.0. The normalized spacial score (nSPS) is 10.9. The Balaban J connectivity index is 1.98. The first-order valence-corrected chi connectivity index (χ1v) is 10.4. The Morgan fingerprint density at radius 3 is 2.29 bits per heavy atom. The van der Waals surface area contributed by atoms with Crippen LogP contribution in [-0.4, -0.2) is 25.5 Å². The topological polar surface area (TPSA) is 41.9 Å². The number of aliphatic imine (C=N–C) groups is 1. The molecule has 0 fully saturated rings. The van der Waals surface area contributed by atoms with Gasteiger partial charge in [0.15, 0.2) is 0 Å². The third-order valence-electron chi connectivity index (χ3n) is 4.57. The van der Waals surface area contributed by atoms with E-state index in [2.05, 4.69) is 28.9 Å². The van der Waals surface area contributed by atoms with Gasteiger partial charge in [-0.25, -0.2) is 9.79 Å². The van der Waals surface area contributed by atoms with Gasteiger partial charge in [-0.1, -0.05) is 57.2 Å². The third kappa shape index (κ3) is 7.55. The lowest BCUT2D eigenvalue weighted by atomic mass is 10.1. The van der Waals surface area contributed by atoms with Gasteiger partial charge >= 0.3 is 5.97 Å². The van der Waals surface area contributed by atoms with E-state index in [0.29, 0.717) is 12.2 Å². The molecule has 0 saturated heterocycles. The predicted octanol–water partition coefficient (Wildman–Crippen LogP) is 6.39. The number of carbonyl (C=O) groups is 1. The standard InChI is InChI=1S/C24H32N2O2/c1-3-5-6-7-8-12-19-26(23-13-10-9-11-14-23)20-25-22-17-15-21(16-18-22)24(27)28-4-2/h9-11,13-18,20H,3-8,12,19H2,1-2H3. The fraction of sp³-hybridized carbons (Fsp3) is 0.417. The second kappa shape index (κ2) is 12.7. The zero-order valence-corrected chi connectivity index (χ0v) is 17.1. The quantitative estimate of drug-likeness (QED) is 0.185. The Morgan fingerprint density at radius 2 is 1.61 bits per heavy atom. The van der Waals surface area contributed by atoms with Crippen LogP contribution in [-0.2, 0) is 4.74 Å². The fourth-order valence-corrected chi connectivity index (χ4v) is 2.97. The molecule has 0 amide bonds. The summed E-state index contributed by atoms with van der Waals surface area (Å²) in [6, 6.07) is 17.5. The SMILES string of the molecule is CCCCCCCCN(C=Nc1ccc(C(=O)OCC)cc1)c1ccccc1. The van der Waals surface area contributed by atoms with Gasteiger partial charge in [-0.3, -0.25) is 0 Å². The van der Waals surface area contributed by atoms with Gasteiger partial charge in [0.1, 0.15) is 0 Å². The molecule has 150 valence electrons. The molecule has 28 heavy (non-hydrogen) atoms. The largest absolute Gasteiger partial charge is 0.462 e. The van der Waals surface area contributed by atoms with Crippen LogP contribution in [0.2, 0.25) is 0 Å². The van der Waals surface area contributed by atoms with Gasteiger partial charge in [0.2, 0.25) is 0 Å². The molecule has 0 unspecified atom stereocenters. The van der Waals surface area contributed by atoms with E-state index in [4.69, 9.17) is 4.74 Å². The van der Waals surface area contributed by atoms with Gasteiger partial charge in [-0.2, -0.15) is 0 Å². The number of esters is 1. The average Bonchev–Trinajstić information content (AvgIpc) is 2.74. The maximum absolute atomic E-state index is 11.8. The van der Waals surface area contributed by atoms with Crippen molar-refractivity contribution in [2.45, 2.75) is 52.4 Å². The summed E-state index contributed by atoms with van der Waals surface area (Å²) in [5, 5.41) is 0. The second-order valence-corrected chi connectivity index (χ2v) is 6.81. The molecule has 4 heteroatoms. The minimum Gasteiger partial charge on any atom is -0.462 e. The highest BCUT2D eigenvalue weighted by Gasteiger charge is 2.06. The van der Waals surface area contributed by atoms with Gasteiger partial charge in [0, 0.05) is 12.2 Å². The van der Waals surface area contributed by atoms with E-state index in [1.165, 1.54) is 32.1 Å². The highest BCUT2D eigenvalue weighted by molar-refractivity contribution is 5.90. The number of hydrogen-bond donors (Lipinski definition) is 0. The number of hydrogen-bond acceptors (Lipinski definition) is 3. The van der Waals surface area contributed by atoms with Crippen LogP contribution in [0.1, 0.15) is 62.7 Å². The lowest BCUT2D eigenvalue weighted by Gasteiger charge is -2.19. The highest BCUT2D eigenvalue weighted by atomic mass is 16.5. The Labute approximate surface area is 169 Å². The summed E-state index contributed by atoms with van der Waals surface area (Å²) in [5.41, 5.74) is 2.51. The van der Waals surface area contributed by atoms with Crippen molar-refractivity contribution in [2.75, 3.05) is 18.1 Å². The van der Waals surface area contributed by atoms with Crippen LogP contribution in [0.4, 0.5) is 11.4 Å². The molecular formula is C24H32N2O2. The number of unbranched alkanes of at least 4 members (excludes halogenated alkanes) is 5. The molecule has 4 nitrogen and oxygen atoms in total. The van der Waals surface area contributed by atoms with Crippen LogP contribution in [0.3, 0.4) is 0 Å². The number of nitrogens with zero attached hydrogens (tertiary/aromatic N) is 2. The molecule has 2 rings (SSSR count). The molecule has 0 heterocycles. The van der Waals surface area contributed by atoms with Crippen LogP contribution in [0.15, 0.2) is 59.6 Å². The highest BCUT2D eigenvalue weighted by Crippen LogP contribution is 2.17. The lowest BCUT2D eigenvalue weighted by Crippen LogP contribution is -2.22. The van der Waals surface area contributed by atoms with Gasteiger partial charge in [0.05, 0.1) is 24.2 Å². The number of benzene rings is 2. The Hall–Kier alpha value is -2.62. The summed E-state index contributed by atoms with van der Waals surface area (Å²) in [4.78, 5) is 18.6. The summed E-state index contributed by atoms with van der Waals surface area (Å²) in [6.45, 7) is 5.37. The van der Waals surface area contributed by atoms with E-state index < -0.39 is 0 Å². The van der Waals surface area contributed by atoms with Crippen molar-refractivity contribution in [2.24, 2.45) is 4.99 Å². The molecule has 0 aliphatic rings. The van der Waals surface area contributed by atoms with Crippen molar-refractivity contribution in [1.82, 2.24) is 0 Å². The van der Waals surface area contributed by atoms with E-state index in [0.717, 1.165) is 24.3 Å². The summed E-state index contributed by atoms with van der Waals surface area (Å²) in [5.74, 6) is -0.299. The smallest absolute Gasteiger partial charge is 0.338 e. The molecule has 0 N–H and O–H groups in total. The number of rotatable bonds is 12. The van der Waals surface area contributed by atoms with Crippen molar-refractivity contribution in [3.63, 3.8) is 0 Å². The Kier molecular flexibility index (Phi) is 9.84. The monoisotopic (exact) mass is 380 g/mol. The number of para-hydroxylation sites is 1. The molecule has 0 atom stereocenters. The first-order valence-electron chi connectivity index (χ1n) is 10.4. The number of anilines is 1. The molecular weight excluding hydrogens is 348 g/mol. The second-order valence-electron chi connectivity index (χ2n) is 6.81. The molecule has 0 aliphatic carbocycles. The third-order valence-corrected chi connectivity index (χ3v) is 4.57. The van der Waals surface area contributed by atoms with Crippen LogP contribution >= 0.6 is 0 Å². The molecule has 0 radical (unpaired) electrons. The molecule has 0 bridgehead atoms. The van der Waals surface area contributed by atoms with Crippen LogP contribution in [0.25, 0.3) is 0 Å². The fourth-order valence-electron chi connectivity index (χ4n) is 2.97. The van der Waals surface area contributed by atoms with Crippen LogP contribution in [0.5, 0.6) is 0 Å². The Morgan fingerprint density at radius 1 is 0.929 bits per heavy atom.